The van der Waals surface area contributed by atoms with E-state index in [0.29, 0.717) is 29.2 Å². The Bertz CT molecular complexity index is 829. The number of methoxy groups -OCH3 is 1. The number of hydrogen-bond acceptors (Lipinski definition) is 5. The highest BCUT2D eigenvalue weighted by Crippen LogP contribution is 2.28. The SMILES string of the molecule is CCCCOc1ccc(C(=O)NNC(=O)c2cc(C(C)=O)c[nH]2)cc1OC. The summed E-state index contributed by atoms with van der Waals surface area (Å²) in [6.07, 6.45) is 3.36. The van der Waals surface area contributed by atoms with E-state index in [9.17, 15) is 14.4 Å². The first-order valence-corrected chi connectivity index (χ1v) is 8.57. The summed E-state index contributed by atoms with van der Waals surface area (Å²) in [4.78, 5) is 38.2. The topological polar surface area (TPSA) is 110 Å². The smallest absolute Gasteiger partial charge is 0.286 e. The standard InChI is InChI=1S/C19H23N3O5/c1-4-5-8-27-16-7-6-13(10-17(16)26-3)18(24)21-22-19(25)15-9-14(11-20-15)12(2)23/h6-7,9-11,20H,4-5,8H2,1-3H3,(H,21,24)(H,22,25). The van der Waals surface area contributed by atoms with Gasteiger partial charge in [-0.1, -0.05) is 13.3 Å². The lowest BCUT2D eigenvalue weighted by molar-refractivity contribution is 0.0844. The van der Waals surface area contributed by atoms with Crippen LogP contribution in [0.1, 0.15) is 57.9 Å². The van der Waals surface area contributed by atoms with Gasteiger partial charge in [-0.2, -0.15) is 0 Å². The molecule has 0 saturated heterocycles. The van der Waals surface area contributed by atoms with Gasteiger partial charge in [-0.15, -0.1) is 0 Å². The third kappa shape index (κ3) is 5.34. The van der Waals surface area contributed by atoms with Gasteiger partial charge in [0, 0.05) is 17.3 Å². The summed E-state index contributed by atoms with van der Waals surface area (Å²) in [5.41, 5.74) is 5.46. The molecule has 0 atom stereocenters. The number of amides is 2. The van der Waals surface area contributed by atoms with Gasteiger partial charge in [-0.05, 0) is 37.6 Å². The van der Waals surface area contributed by atoms with Crippen molar-refractivity contribution < 1.29 is 23.9 Å². The Kier molecular flexibility index (Phi) is 6.99. The summed E-state index contributed by atoms with van der Waals surface area (Å²) in [6, 6.07) is 6.17. The van der Waals surface area contributed by atoms with Crippen molar-refractivity contribution in [2.75, 3.05) is 13.7 Å². The van der Waals surface area contributed by atoms with Gasteiger partial charge >= 0.3 is 0 Å². The zero-order valence-electron chi connectivity index (χ0n) is 15.5. The summed E-state index contributed by atoms with van der Waals surface area (Å²) in [6.45, 7) is 4.03. The third-order valence-electron chi connectivity index (χ3n) is 3.80. The van der Waals surface area contributed by atoms with Crippen molar-refractivity contribution in [3.8, 4) is 11.5 Å². The minimum Gasteiger partial charge on any atom is -0.493 e. The molecule has 1 aromatic heterocycles. The summed E-state index contributed by atoms with van der Waals surface area (Å²) in [5.74, 6) is -0.264. The normalized spacial score (nSPS) is 10.2. The number of ether oxygens (including phenoxy) is 2. The molecule has 0 bridgehead atoms. The highest BCUT2D eigenvalue weighted by molar-refractivity contribution is 6.01. The number of hydrazine groups is 1. The number of carbonyl (C=O) groups excluding carboxylic acids is 3. The van der Waals surface area contributed by atoms with Crippen molar-refractivity contribution >= 4 is 17.6 Å². The minimum atomic E-state index is -0.567. The maximum Gasteiger partial charge on any atom is 0.286 e. The van der Waals surface area contributed by atoms with E-state index in [1.807, 2.05) is 0 Å². The van der Waals surface area contributed by atoms with E-state index < -0.39 is 11.8 Å². The van der Waals surface area contributed by atoms with Gasteiger partial charge in [0.25, 0.3) is 11.8 Å². The lowest BCUT2D eigenvalue weighted by atomic mass is 10.2. The summed E-state index contributed by atoms with van der Waals surface area (Å²) < 4.78 is 10.9. The number of unbranched alkanes of at least 4 members (excludes halogenated alkanes) is 1. The second kappa shape index (κ2) is 9.42. The first-order chi connectivity index (χ1) is 13.0. The molecule has 0 aliphatic carbocycles. The highest BCUT2D eigenvalue weighted by atomic mass is 16.5. The molecule has 2 rings (SSSR count). The molecule has 0 aliphatic rings. The fourth-order valence-electron chi connectivity index (χ4n) is 2.24. The Morgan fingerprint density at radius 2 is 1.78 bits per heavy atom. The molecule has 144 valence electrons. The summed E-state index contributed by atoms with van der Waals surface area (Å²) >= 11 is 0. The Morgan fingerprint density at radius 3 is 2.41 bits per heavy atom. The number of hydrogen-bond donors (Lipinski definition) is 3. The molecule has 8 nitrogen and oxygen atoms in total. The number of rotatable bonds is 8. The Morgan fingerprint density at radius 1 is 1.04 bits per heavy atom. The zero-order chi connectivity index (χ0) is 19.8. The van der Waals surface area contributed by atoms with Crippen LogP contribution in [0.3, 0.4) is 0 Å². The van der Waals surface area contributed by atoms with Crippen LogP contribution in [0.2, 0.25) is 0 Å². The molecule has 0 saturated carbocycles. The minimum absolute atomic E-state index is 0.164. The fourth-order valence-corrected chi connectivity index (χ4v) is 2.24. The predicted molar refractivity (Wildman–Crippen MR) is 99.1 cm³/mol. The molecule has 8 heteroatoms. The second-order valence-corrected chi connectivity index (χ2v) is 5.83. The van der Waals surface area contributed by atoms with E-state index in [1.54, 1.807) is 12.1 Å². The van der Waals surface area contributed by atoms with Crippen LogP contribution in [0.25, 0.3) is 0 Å². The van der Waals surface area contributed by atoms with Crippen molar-refractivity contribution in [2.45, 2.75) is 26.7 Å². The first kappa shape index (κ1) is 20.0. The van der Waals surface area contributed by atoms with Gasteiger partial charge in [-0.25, -0.2) is 0 Å². The number of aromatic nitrogens is 1. The monoisotopic (exact) mass is 373 g/mol. The summed E-state index contributed by atoms with van der Waals surface area (Å²) in [7, 11) is 1.49. The maximum absolute atomic E-state index is 12.2. The van der Waals surface area contributed by atoms with Crippen LogP contribution in [-0.4, -0.2) is 36.3 Å². The van der Waals surface area contributed by atoms with Gasteiger partial charge in [0.2, 0.25) is 0 Å². The van der Waals surface area contributed by atoms with E-state index in [4.69, 9.17) is 9.47 Å². The van der Waals surface area contributed by atoms with E-state index in [0.717, 1.165) is 12.8 Å². The van der Waals surface area contributed by atoms with Crippen molar-refractivity contribution in [1.29, 1.82) is 0 Å². The molecule has 1 heterocycles. The van der Waals surface area contributed by atoms with Gasteiger partial charge < -0.3 is 14.5 Å². The number of aromatic amines is 1. The Hall–Kier alpha value is -3.29. The number of ketones is 1. The number of carbonyl (C=O) groups is 3. The molecule has 1 aromatic carbocycles. The van der Waals surface area contributed by atoms with Crippen molar-refractivity contribution in [3.63, 3.8) is 0 Å². The lowest BCUT2D eigenvalue weighted by Gasteiger charge is -2.12. The van der Waals surface area contributed by atoms with Crippen molar-refractivity contribution in [2.24, 2.45) is 0 Å². The van der Waals surface area contributed by atoms with Crippen molar-refractivity contribution in [3.05, 3.63) is 47.3 Å². The average molecular weight is 373 g/mol. The lowest BCUT2D eigenvalue weighted by Crippen LogP contribution is -2.41. The Balaban J connectivity index is 1.98. The largest absolute Gasteiger partial charge is 0.493 e. The van der Waals surface area contributed by atoms with Crippen LogP contribution in [0.5, 0.6) is 11.5 Å². The molecular formula is C19H23N3O5. The van der Waals surface area contributed by atoms with Gasteiger partial charge in [0.1, 0.15) is 5.69 Å². The van der Waals surface area contributed by atoms with E-state index in [-0.39, 0.29) is 11.5 Å². The number of H-pyrrole nitrogens is 1. The number of benzene rings is 1. The molecule has 0 spiro atoms. The van der Waals surface area contributed by atoms with Crippen LogP contribution < -0.4 is 20.3 Å². The van der Waals surface area contributed by atoms with E-state index >= 15 is 0 Å². The third-order valence-corrected chi connectivity index (χ3v) is 3.80. The van der Waals surface area contributed by atoms with E-state index in [2.05, 4.69) is 22.8 Å². The Labute approximate surface area is 157 Å². The zero-order valence-corrected chi connectivity index (χ0v) is 15.5. The molecular weight excluding hydrogens is 350 g/mol. The molecule has 2 aromatic rings. The molecule has 0 radical (unpaired) electrons. The number of Topliss-reactive ketones (excluding diaryl/α,β-unsaturated/α-hetero) is 1. The molecule has 2 amide bonds. The van der Waals surface area contributed by atoms with Crippen LogP contribution >= 0.6 is 0 Å². The van der Waals surface area contributed by atoms with Crippen LogP contribution in [-0.2, 0) is 0 Å². The van der Waals surface area contributed by atoms with Gasteiger partial charge in [0.15, 0.2) is 17.3 Å². The molecule has 0 fully saturated rings. The first-order valence-electron chi connectivity index (χ1n) is 8.57. The molecule has 0 aliphatic heterocycles. The highest BCUT2D eigenvalue weighted by Gasteiger charge is 2.14. The maximum atomic E-state index is 12.2. The quantitative estimate of drug-likeness (QED) is 0.374. The number of nitrogens with one attached hydrogen (secondary N) is 3. The predicted octanol–water partition coefficient (Wildman–Crippen LogP) is 2.48. The van der Waals surface area contributed by atoms with Crippen molar-refractivity contribution in [1.82, 2.24) is 15.8 Å². The summed E-state index contributed by atoms with van der Waals surface area (Å²) in [5, 5.41) is 0. The van der Waals surface area contributed by atoms with Crippen LogP contribution in [0, 0.1) is 0 Å². The fraction of sp³-hybridized carbons (Fsp3) is 0.316. The van der Waals surface area contributed by atoms with Gasteiger partial charge in [-0.3, -0.25) is 25.2 Å². The second-order valence-electron chi connectivity index (χ2n) is 5.83. The average Bonchev–Trinajstić information content (AvgIpc) is 3.17. The molecule has 3 N–H and O–H groups in total. The molecule has 0 unspecified atom stereocenters. The van der Waals surface area contributed by atoms with E-state index in [1.165, 1.54) is 32.4 Å². The van der Waals surface area contributed by atoms with Crippen LogP contribution in [0.15, 0.2) is 30.5 Å². The van der Waals surface area contributed by atoms with Gasteiger partial charge in [0.05, 0.1) is 13.7 Å². The molecule has 27 heavy (non-hydrogen) atoms. The van der Waals surface area contributed by atoms with Crippen LogP contribution in [0.4, 0.5) is 0 Å².